The van der Waals surface area contributed by atoms with Crippen LogP contribution in [0, 0.1) is 13.8 Å². The van der Waals surface area contributed by atoms with Crippen LogP contribution < -0.4 is 14.4 Å². The summed E-state index contributed by atoms with van der Waals surface area (Å²) < 4.78 is 33.5. The minimum atomic E-state index is -3.84. The summed E-state index contributed by atoms with van der Waals surface area (Å²) in [6.07, 6.45) is 0.610. The van der Waals surface area contributed by atoms with Crippen molar-refractivity contribution >= 4 is 21.6 Å². The number of aryl methyl sites for hydroxylation is 2. The van der Waals surface area contributed by atoms with Crippen molar-refractivity contribution < 1.29 is 17.9 Å². The van der Waals surface area contributed by atoms with Crippen molar-refractivity contribution in [1.82, 2.24) is 5.32 Å². The summed E-state index contributed by atoms with van der Waals surface area (Å²) in [5, 5.41) is 2.66. The van der Waals surface area contributed by atoms with Crippen LogP contribution in [0.25, 0.3) is 0 Å². The maximum atomic E-state index is 13.3. The second-order valence-corrected chi connectivity index (χ2v) is 8.32. The standard InChI is InChI=1S/C20H22N2O4S/c1-4-11-21-20(23)19-13-22(17-10-7-15(3)12-18(17)26-19)27(24,25)16-8-5-14(2)6-9-16/h4-10,12,19H,1,11,13H2,2-3H3,(H,21,23). The number of anilines is 1. The molecule has 0 spiro atoms. The van der Waals surface area contributed by atoms with Crippen LogP contribution in [0.15, 0.2) is 60.0 Å². The molecule has 3 rings (SSSR count). The summed E-state index contributed by atoms with van der Waals surface area (Å²) in [6.45, 7) is 7.52. The van der Waals surface area contributed by atoms with Gasteiger partial charge in [-0.15, -0.1) is 6.58 Å². The Morgan fingerprint density at radius 3 is 2.56 bits per heavy atom. The van der Waals surface area contributed by atoms with Gasteiger partial charge in [0, 0.05) is 6.54 Å². The van der Waals surface area contributed by atoms with E-state index in [1.807, 2.05) is 19.9 Å². The van der Waals surface area contributed by atoms with Crippen LogP contribution in [-0.2, 0) is 14.8 Å². The molecule has 1 aliphatic rings. The van der Waals surface area contributed by atoms with E-state index < -0.39 is 16.1 Å². The number of carbonyl (C=O) groups excluding carboxylic acids is 1. The van der Waals surface area contributed by atoms with Gasteiger partial charge in [0.15, 0.2) is 6.10 Å². The summed E-state index contributed by atoms with van der Waals surface area (Å²) in [7, 11) is -3.84. The summed E-state index contributed by atoms with van der Waals surface area (Å²) in [5.41, 5.74) is 2.30. The van der Waals surface area contributed by atoms with Crippen LogP contribution in [0.5, 0.6) is 5.75 Å². The molecule has 0 bridgehead atoms. The second kappa shape index (κ2) is 7.44. The van der Waals surface area contributed by atoms with E-state index >= 15 is 0 Å². The van der Waals surface area contributed by atoms with E-state index in [-0.39, 0.29) is 23.9 Å². The zero-order valence-corrected chi connectivity index (χ0v) is 16.1. The lowest BCUT2D eigenvalue weighted by Crippen LogP contribution is -2.50. The lowest BCUT2D eigenvalue weighted by atomic mass is 10.1. The van der Waals surface area contributed by atoms with Crippen LogP contribution >= 0.6 is 0 Å². The van der Waals surface area contributed by atoms with E-state index in [0.717, 1.165) is 11.1 Å². The van der Waals surface area contributed by atoms with Crippen molar-refractivity contribution in [2.24, 2.45) is 0 Å². The molecule has 0 aliphatic carbocycles. The smallest absolute Gasteiger partial charge is 0.264 e. The summed E-state index contributed by atoms with van der Waals surface area (Å²) in [6, 6.07) is 11.9. The maximum Gasteiger partial charge on any atom is 0.264 e. The van der Waals surface area contributed by atoms with Crippen LogP contribution in [0.3, 0.4) is 0 Å². The fraction of sp³-hybridized carbons (Fsp3) is 0.250. The van der Waals surface area contributed by atoms with Gasteiger partial charge >= 0.3 is 0 Å². The summed E-state index contributed by atoms with van der Waals surface area (Å²) in [5.74, 6) is -0.0122. The number of fused-ring (bicyclic) bond motifs is 1. The predicted octanol–water partition coefficient (Wildman–Crippen LogP) is 2.56. The number of hydrogen-bond donors (Lipinski definition) is 1. The van der Waals surface area contributed by atoms with Gasteiger partial charge in [0.1, 0.15) is 5.75 Å². The molecule has 2 aromatic carbocycles. The number of ether oxygens (including phenoxy) is 1. The fourth-order valence-electron chi connectivity index (χ4n) is 2.85. The van der Waals surface area contributed by atoms with Crippen molar-refractivity contribution in [3.05, 3.63) is 66.2 Å². The number of benzene rings is 2. The first kappa shape index (κ1) is 19.0. The van der Waals surface area contributed by atoms with E-state index in [4.69, 9.17) is 4.74 Å². The monoisotopic (exact) mass is 386 g/mol. The summed E-state index contributed by atoms with van der Waals surface area (Å²) in [4.78, 5) is 12.6. The molecule has 1 unspecified atom stereocenters. The molecule has 0 aromatic heterocycles. The van der Waals surface area contributed by atoms with Crippen LogP contribution in [-0.4, -0.2) is 33.5 Å². The molecule has 0 saturated carbocycles. The van der Waals surface area contributed by atoms with Crippen molar-refractivity contribution in [3.63, 3.8) is 0 Å². The van der Waals surface area contributed by atoms with Crippen molar-refractivity contribution in [3.8, 4) is 5.75 Å². The number of carbonyl (C=O) groups is 1. The maximum absolute atomic E-state index is 13.3. The average Bonchev–Trinajstić information content (AvgIpc) is 2.65. The van der Waals surface area contributed by atoms with Crippen molar-refractivity contribution in [2.75, 3.05) is 17.4 Å². The molecule has 142 valence electrons. The summed E-state index contributed by atoms with van der Waals surface area (Å²) >= 11 is 0. The van der Waals surface area contributed by atoms with Gasteiger partial charge in [-0.05, 0) is 43.7 Å². The third-order valence-electron chi connectivity index (χ3n) is 4.31. The highest BCUT2D eigenvalue weighted by Gasteiger charge is 2.37. The van der Waals surface area contributed by atoms with E-state index in [1.54, 1.807) is 42.5 Å². The molecular formula is C20H22N2O4S. The molecule has 1 aliphatic heterocycles. The predicted molar refractivity (Wildman–Crippen MR) is 105 cm³/mol. The Morgan fingerprint density at radius 1 is 1.22 bits per heavy atom. The van der Waals surface area contributed by atoms with Crippen LogP contribution in [0.2, 0.25) is 0 Å². The average molecular weight is 386 g/mol. The van der Waals surface area contributed by atoms with Gasteiger partial charge in [-0.1, -0.05) is 29.8 Å². The quantitative estimate of drug-likeness (QED) is 0.802. The normalized spacial score (nSPS) is 16.2. The van der Waals surface area contributed by atoms with E-state index in [9.17, 15) is 13.2 Å². The molecule has 0 radical (unpaired) electrons. The van der Waals surface area contributed by atoms with Gasteiger partial charge in [0.25, 0.3) is 15.9 Å². The van der Waals surface area contributed by atoms with Crippen molar-refractivity contribution in [1.29, 1.82) is 0 Å². The van der Waals surface area contributed by atoms with E-state index in [2.05, 4.69) is 11.9 Å². The van der Waals surface area contributed by atoms with Gasteiger partial charge in [-0.25, -0.2) is 8.42 Å². The Bertz CT molecular complexity index is 968. The number of sulfonamides is 1. The lowest BCUT2D eigenvalue weighted by molar-refractivity contribution is -0.127. The van der Waals surface area contributed by atoms with Crippen LogP contribution in [0.1, 0.15) is 11.1 Å². The molecule has 7 heteroatoms. The first-order chi connectivity index (χ1) is 12.8. The Balaban J connectivity index is 2.03. The number of amides is 1. The molecule has 6 nitrogen and oxygen atoms in total. The highest BCUT2D eigenvalue weighted by Crippen LogP contribution is 2.37. The van der Waals surface area contributed by atoms with Gasteiger partial charge in [-0.2, -0.15) is 0 Å². The molecule has 1 N–H and O–H groups in total. The molecule has 0 fully saturated rings. The molecule has 1 amide bonds. The van der Waals surface area contributed by atoms with Gasteiger partial charge in [0.2, 0.25) is 0 Å². The third-order valence-corrected chi connectivity index (χ3v) is 6.10. The first-order valence-electron chi connectivity index (χ1n) is 8.58. The van der Waals surface area contributed by atoms with E-state index in [1.165, 1.54) is 4.31 Å². The fourth-order valence-corrected chi connectivity index (χ4v) is 4.33. The second-order valence-electron chi connectivity index (χ2n) is 6.46. The minimum absolute atomic E-state index is 0.102. The minimum Gasteiger partial charge on any atom is -0.476 e. The molecule has 1 atom stereocenters. The SMILES string of the molecule is C=CCNC(=O)C1CN(S(=O)(=O)c2ccc(C)cc2)c2ccc(C)cc2O1. The number of hydrogen-bond acceptors (Lipinski definition) is 4. The Hall–Kier alpha value is -2.80. The van der Waals surface area contributed by atoms with Gasteiger partial charge in [0.05, 0.1) is 17.1 Å². The molecule has 2 aromatic rings. The topological polar surface area (TPSA) is 75.7 Å². The highest BCUT2D eigenvalue weighted by atomic mass is 32.2. The number of nitrogens with one attached hydrogen (secondary N) is 1. The zero-order chi connectivity index (χ0) is 19.6. The Morgan fingerprint density at radius 2 is 1.89 bits per heavy atom. The highest BCUT2D eigenvalue weighted by molar-refractivity contribution is 7.92. The van der Waals surface area contributed by atoms with E-state index in [0.29, 0.717) is 11.4 Å². The molecule has 27 heavy (non-hydrogen) atoms. The third kappa shape index (κ3) is 3.83. The Labute approximate surface area is 159 Å². The molecule has 0 saturated heterocycles. The Kier molecular flexibility index (Phi) is 5.23. The lowest BCUT2D eigenvalue weighted by Gasteiger charge is -2.35. The van der Waals surface area contributed by atoms with Gasteiger partial charge < -0.3 is 10.1 Å². The largest absolute Gasteiger partial charge is 0.476 e. The first-order valence-corrected chi connectivity index (χ1v) is 10.0. The van der Waals surface area contributed by atoms with Crippen molar-refractivity contribution in [2.45, 2.75) is 24.8 Å². The molecule has 1 heterocycles. The molecular weight excluding hydrogens is 364 g/mol. The van der Waals surface area contributed by atoms with Gasteiger partial charge in [-0.3, -0.25) is 9.10 Å². The number of nitrogens with zero attached hydrogens (tertiary/aromatic N) is 1. The zero-order valence-electron chi connectivity index (χ0n) is 15.3. The number of rotatable bonds is 5. The van der Waals surface area contributed by atoms with Crippen LogP contribution in [0.4, 0.5) is 5.69 Å².